The summed E-state index contributed by atoms with van der Waals surface area (Å²) in [5.74, 6) is -1.22. The first-order valence-corrected chi connectivity index (χ1v) is 6.87. The first-order valence-electron chi connectivity index (χ1n) is 6.87. The summed E-state index contributed by atoms with van der Waals surface area (Å²) in [5.41, 5.74) is 0. The van der Waals surface area contributed by atoms with E-state index in [4.69, 9.17) is 19.3 Å². The summed E-state index contributed by atoms with van der Waals surface area (Å²) in [6.07, 6.45) is -8.28. The molecule has 2 rings (SSSR count). The smallest absolute Gasteiger partial charge is 0.333 e. The quantitative estimate of drug-likeness (QED) is 0.485. The average molecular weight is 326 g/mol. The molecular weight excluding hydrogens is 307 g/mol. The van der Waals surface area contributed by atoms with Gasteiger partial charge in [-0.25, -0.2) is 4.79 Å². The number of aliphatic hydroxyl groups is 3. The van der Waals surface area contributed by atoms with Crippen molar-refractivity contribution in [2.75, 3.05) is 6.61 Å². The van der Waals surface area contributed by atoms with Gasteiger partial charge in [-0.15, -0.1) is 0 Å². The van der Waals surface area contributed by atoms with Crippen LogP contribution in [-0.4, -0.2) is 76.1 Å². The molecule has 0 aromatic rings. The summed E-state index contributed by atoms with van der Waals surface area (Å²) in [6, 6.07) is 0. The van der Waals surface area contributed by atoms with Crippen molar-refractivity contribution in [1.29, 1.82) is 0 Å². The van der Waals surface area contributed by atoms with Gasteiger partial charge in [-0.3, -0.25) is 0 Å². The summed E-state index contributed by atoms with van der Waals surface area (Å²) >= 11 is 0. The van der Waals surface area contributed by atoms with Gasteiger partial charge in [0.25, 0.3) is 0 Å². The van der Waals surface area contributed by atoms with Crippen LogP contribution in [-0.2, 0) is 23.9 Å². The molecule has 128 valence electrons. The van der Waals surface area contributed by atoms with E-state index in [2.05, 4.69) is 4.94 Å². The Labute approximate surface area is 125 Å². The van der Waals surface area contributed by atoms with E-state index in [1.807, 2.05) is 0 Å². The van der Waals surface area contributed by atoms with E-state index in [1.54, 1.807) is 0 Å². The molecule has 2 unspecified atom stereocenters. The van der Waals surface area contributed by atoms with E-state index in [0.717, 1.165) is 0 Å². The molecule has 0 radical (unpaired) electrons. The third kappa shape index (κ3) is 4.32. The molecule has 0 bridgehead atoms. The molecule has 7 atom stereocenters. The first kappa shape index (κ1) is 17.5. The van der Waals surface area contributed by atoms with Crippen LogP contribution in [0, 0.1) is 0 Å². The van der Waals surface area contributed by atoms with Crippen LogP contribution in [0.25, 0.3) is 0 Å². The maximum Gasteiger partial charge on any atom is 0.333 e. The highest BCUT2D eigenvalue weighted by atomic mass is 19.3. The van der Waals surface area contributed by atoms with Gasteiger partial charge in [0.1, 0.15) is 12.2 Å². The molecular formula is C12H19FO9. The van der Waals surface area contributed by atoms with Gasteiger partial charge >= 0.3 is 5.97 Å². The van der Waals surface area contributed by atoms with Gasteiger partial charge in [-0.2, -0.15) is 4.94 Å². The maximum absolute atomic E-state index is 12.2. The van der Waals surface area contributed by atoms with Crippen molar-refractivity contribution >= 4 is 5.97 Å². The highest BCUT2D eigenvalue weighted by Crippen LogP contribution is 2.25. The van der Waals surface area contributed by atoms with Crippen LogP contribution in [0.1, 0.15) is 19.3 Å². The van der Waals surface area contributed by atoms with Crippen molar-refractivity contribution in [2.24, 2.45) is 0 Å². The van der Waals surface area contributed by atoms with Gasteiger partial charge < -0.3 is 34.6 Å². The number of aliphatic carboxylic acids is 1. The molecule has 2 fully saturated rings. The van der Waals surface area contributed by atoms with Crippen LogP contribution < -0.4 is 0 Å². The van der Waals surface area contributed by atoms with Gasteiger partial charge in [0.05, 0.1) is 18.8 Å². The zero-order chi connectivity index (χ0) is 16.3. The summed E-state index contributed by atoms with van der Waals surface area (Å²) in [7, 11) is 0. The lowest BCUT2D eigenvalue weighted by Gasteiger charge is -2.36. The molecule has 0 spiro atoms. The van der Waals surface area contributed by atoms with E-state index in [0.29, 0.717) is 0 Å². The fraction of sp³-hybridized carbons (Fsp3) is 0.917. The molecule has 0 saturated carbocycles. The summed E-state index contributed by atoms with van der Waals surface area (Å²) in [5, 5.41) is 37.8. The zero-order valence-corrected chi connectivity index (χ0v) is 11.6. The predicted molar refractivity (Wildman–Crippen MR) is 65.0 cm³/mol. The lowest BCUT2D eigenvalue weighted by Crippen LogP contribution is -2.51. The minimum atomic E-state index is -1.32. The number of aliphatic hydroxyl groups excluding tert-OH is 3. The number of halogens is 1. The summed E-state index contributed by atoms with van der Waals surface area (Å²) < 4.78 is 27.6. The van der Waals surface area contributed by atoms with E-state index in [1.165, 1.54) is 0 Å². The second-order valence-corrected chi connectivity index (χ2v) is 5.34. The number of carbonyl (C=O) groups is 1. The zero-order valence-electron chi connectivity index (χ0n) is 11.6. The molecule has 0 aromatic carbocycles. The fourth-order valence-electron chi connectivity index (χ4n) is 2.44. The lowest BCUT2D eigenvalue weighted by molar-refractivity contribution is -0.336. The van der Waals surface area contributed by atoms with E-state index < -0.39 is 49.1 Å². The van der Waals surface area contributed by atoms with Crippen LogP contribution in [0.3, 0.4) is 0 Å². The normalized spacial score (nSPS) is 43.0. The van der Waals surface area contributed by atoms with Gasteiger partial charge in [0.15, 0.2) is 18.7 Å². The molecule has 0 aromatic heterocycles. The SMILES string of the molecule is O=C(O)[C@@H]1C[C@H](O)CC(OCC2O[C@H](OF)C[C@@H](O)[C@@H]2O)O1. The van der Waals surface area contributed by atoms with Crippen LogP contribution in [0.15, 0.2) is 0 Å². The number of hydrogen-bond acceptors (Lipinski definition) is 8. The highest BCUT2D eigenvalue weighted by Gasteiger charge is 2.39. The van der Waals surface area contributed by atoms with Crippen molar-refractivity contribution in [3.63, 3.8) is 0 Å². The summed E-state index contributed by atoms with van der Waals surface area (Å²) in [4.78, 5) is 14.4. The Hall–Kier alpha value is -0.880. The molecule has 10 heteroatoms. The van der Waals surface area contributed by atoms with E-state index in [-0.39, 0.29) is 25.9 Å². The van der Waals surface area contributed by atoms with Crippen molar-refractivity contribution in [3.05, 3.63) is 0 Å². The Kier molecular flexibility index (Phi) is 6.03. The Morgan fingerprint density at radius 2 is 1.86 bits per heavy atom. The van der Waals surface area contributed by atoms with Crippen molar-refractivity contribution in [1.82, 2.24) is 0 Å². The Bertz CT molecular complexity index is 382. The Morgan fingerprint density at radius 3 is 2.50 bits per heavy atom. The number of carboxylic acids is 1. The molecule has 2 aliphatic rings. The minimum Gasteiger partial charge on any atom is -0.479 e. The predicted octanol–water partition coefficient (Wildman–Crippen LogP) is -1.31. The molecule has 0 aliphatic carbocycles. The Balaban J connectivity index is 1.86. The largest absolute Gasteiger partial charge is 0.479 e. The molecule has 9 nitrogen and oxygen atoms in total. The molecule has 2 heterocycles. The second kappa shape index (κ2) is 7.59. The van der Waals surface area contributed by atoms with E-state index >= 15 is 0 Å². The molecule has 4 N–H and O–H groups in total. The minimum absolute atomic E-state index is 0.0474. The van der Waals surface area contributed by atoms with Gasteiger partial charge in [0, 0.05) is 19.3 Å². The van der Waals surface area contributed by atoms with Crippen LogP contribution in [0.2, 0.25) is 0 Å². The van der Waals surface area contributed by atoms with Crippen LogP contribution >= 0.6 is 0 Å². The third-order valence-electron chi connectivity index (χ3n) is 3.62. The maximum atomic E-state index is 12.2. The van der Waals surface area contributed by atoms with Crippen LogP contribution in [0.5, 0.6) is 0 Å². The monoisotopic (exact) mass is 326 g/mol. The lowest BCUT2D eigenvalue weighted by atomic mass is 10.0. The van der Waals surface area contributed by atoms with Crippen molar-refractivity contribution in [3.8, 4) is 0 Å². The topological polar surface area (TPSA) is 135 Å². The first-order chi connectivity index (χ1) is 10.4. The van der Waals surface area contributed by atoms with Gasteiger partial charge in [0.2, 0.25) is 0 Å². The highest BCUT2D eigenvalue weighted by molar-refractivity contribution is 5.72. The third-order valence-corrected chi connectivity index (χ3v) is 3.62. The number of carboxylic acid groups (broad SMARTS) is 1. The summed E-state index contributed by atoms with van der Waals surface area (Å²) in [6.45, 7) is -0.290. The Morgan fingerprint density at radius 1 is 1.14 bits per heavy atom. The molecule has 2 aliphatic heterocycles. The second-order valence-electron chi connectivity index (χ2n) is 5.34. The average Bonchev–Trinajstić information content (AvgIpc) is 2.48. The molecule has 0 amide bonds. The number of ether oxygens (including phenoxy) is 3. The van der Waals surface area contributed by atoms with E-state index in [9.17, 15) is 24.6 Å². The number of rotatable bonds is 5. The standard InChI is InChI=1S/C12H19FO9/c13-22-10-3-6(15)11(16)8(21-10)4-19-9-2-5(14)1-7(20-9)12(17)18/h5-11,14-16H,1-4H2,(H,17,18)/t5-,6+,7-,8?,9?,10+,11-/m0/s1. The fourth-order valence-corrected chi connectivity index (χ4v) is 2.44. The molecule has 22 heavy (non-hydrogen) atoms. The van der Waals surface area contributed by atoms with Gasteiger partial charge in [-0.05, 0) is 4.53 Å². The molecule has 2 saturated heterocycles. The number of hydrogen-bond donors (Lipinski definition) is 4. The van der Waals surface area contributed by atoms with Crippen LogP contribution in [0.4, 0.5) is 4.53 Å². The van der Waals surface area contributed by atoms with Gasteiger partial charge in [-0.1, -0.05) is 0 Å². The van der Waals surface area contributed by atoms with Crippen molar-refractivity contribution < 1.29 is 48.9 Å². The van der Waals surface area contributed by atoms with Crippen molar-refractivity contribution in [2.45, 2.75) is 62.4 Å².